The molecular formula is C27H31NO2. The molecule has 3 nitrogen and oxygen atoms in total. The highest BCUT2D eigenvalue weighted by molar-refractivity contribution is 5.48. The number of nitrogens with two attached hydrogens (primary N) is 1. The number of unbranched alkanes of at least 4 members (excludes halogenated alkanes) is 1. The first kappa shape index (κ1) is 20.5. The average Bonchev–Trinajstić information content (AvgIpc) is 2.82. The molecule has 0 saturated carbocycles. The summed E-state index contributed by atoms with van der Waals surface area (Å²) in [5.41, 5.74) is 11.1. The summed E-state index contributed by atoms with van der Waals surface area (Å²) < 4.78 is 11.4. The minimum absolute atomic E-state index is 0.327. The van der Waals surface area contributed by atoms with Gasteiger partial charge in [-0.2, -0.15) is 0 Å². The molecule has 0 bridgehead atoms. The highest BCUT2D eigenvalue weighted by atomic mass is 16.5. The van der Waals surface area contributed by atoms with Crippen molar-refractivity contribution >= 4 is 0 Å². The fraction of sp³-hybridized carbons (Fsp3) is 0.333. The van der Waals surface area contributed by atoms with Crippen LogP contribution in [0.2, 0.25) is 0 Å². The molecule has 0 aromatic heterocycles. The number of benzene rings is 3. The Morgan fingerprint density at radius 1 is 0.867 bits per heavy atom. The summed E-state index contributed by atoms with van der Waals surface area (Å²) >= 11 is 0. The predicted molar refractivity (Wildman–Crippen MR) is 123 cm³/mol. The Bertz CT molecular complexity index is 937. The van der Waals surface area contributed by atoms with Gasteiger partial charge in [-0.15, -0.1) is 0 Å². The lowest BCUT2D eigenvalue weighted by molar-refractivity contribution is 0.307. The van der Waals surface area contributed by atoms with Crippen LogP contribution in [0.3, 0.4) is 0 Å². The van der Waals surface area contributed by atoms with E-state index in [2.05, 4.69) is 72.8 Å². The molecule has 3 heteroatoms. The highest BCUT2D eigenvalue weighted by Crippen LogP contribution is 2.47. The van der Waals surface area contributed by atoms with Gasteiger partial charge in [0.2, 0.25) is 0 Å². The van der Waals surface area contributed by atoms with Crippen LogP contribution in [0.25, 0.3) is 0 Å². The summed E-state index contributed by atoms with van der Waals surface area (Å²) in [4.78, 5) is 0. The molecule has 3 aromatic carbocycles. The number of aryl methyl sites for hydroxylation is 1. The van der Waals surface area contributed by atoms with Crippen LogP contribution < -0.4 is 15.2 Å². The Kier molecular flexibility index (Phi) is 6.70. The molecular weight excluding hydrogens is 370 g/mol. The van der Waals surface area contributed by atoms with Gasteiger partial charge < -0.3 is 15.2 Å². The third kappa shape index (κ3) is 4.52. The Balaban J connectivity index is 1.65. The van der Waals surface area contributed by atoms with Crippen LogP contribution in [0.1, 0.15) is 53.4 Å². The summed E-state index contributed by atoms with van der Waals surface area (Å²) in [6, 6.07) is 26.2. The second-order valence-electron chi connectivity index (χ2n) is 8.01. The summed E-state index contributed by atoms with van der Waals surface area (Å²) in [5.74, 6) is 2.65. The number of methoxy groups -OCH3 is 1. The van der Waals surface area contributed by atoms with Gasteiger partial charge in [0.05, 0.1) is 13.7 Å². The maximum absolute atomic E-state index is 5.89. The van der Waals surface area contributed by atoms with Gasteiger partial charge in [-0.1, -0.05) is 48.5 Å². The predicted octanol–water partition coefficient (Wildman–Crippen LogP) is 5.67. The van der Waals surface area contributed by atoms with Gasteiger partial charge in [-0.25, -0.2) is 0 Å². The van der Waals surface area contributed by atoms with Crippen LogP contribution in [-0.4, -0.2) is 20.3 Å². The third-order valence-corrected chi connectivity index (χ3v) is 6.15. The van der Waals surface area contributed by atoms with Crippen molar-refractivity contribution in [3.8, 4) is 11.5 Å². The summed E-state index contributed by atoms with van der Waals surface area (Å²) in [7, 11) is 1.74. The smallest absolute Gasteiger partial charge is 0.119 e. The Hall–Kier alpha value is -2.78. The average molecular weight is 402 g/mol. The molecule has 30 heavy (non-hydrogen) atoms. The Morgan fingerprint density at radius 3 is 2.37 bits per heavy atom. The summed E-state index contributed by atoms with van der Waals surface area (Å²) in [6.07, 6.45) is 4.20. The molecule has 0 fully saturated rings. The van der Waals surface area contributed by atoms with E-state index in [9.17, 15) is 0 Å². The van der Waals surface area contributed by atoms with Crippen molar-refractivity contribution in [3.63, 3.8) is 0 Å². The maximum atomic E-state index is 5.89. The molecule has 2 atom stereocenters. The fourth-order valence-corrected chi connectivity index (χ4v) is 4.60. The third-order valence-electron chi connectivity index (χ3n) is 6.15. The standard InChI is InChI=1S/C27H31NO2/c1-29-24-14-16-26-22(19-24)11-15-25(20-7-3-2-4-8-20)27(26)21-9-12-23(13-10-21)30-18-6-5-17-28/h2-4,7-10,12-14,16,19,25,27H,5-6,11,15,17-18,28H2,1H3. The van der Waals surface area contributed by atoms with E-state index in [0.717, 1.165) is 50.3 Å². The first-order valence-electron chi connectivity index (χ1n) is 10.9. The maximum Gasteiger partial charge on any atom is 0.119 e. The van der Waals surface area contributed by atoms with E-state index < -0.39 is 0 Å². The van der Waals surface area contributed by atoms with Crippen molar-refractivity contribution in [1.82, 2.24) is 0 Å². The van der Waals surface area contributed by atoms with Gasteiger partial charge in [-0.05, 0) is 84.7 Å². The van der Waals surface area contributed by atoms with Crippen molar-refractivity contribution in [3.05, 3.63) is 95.1 Å². The molecule has 1 aliphatic carbocycles. The molecule has 1 aliphatic rings. The number of rotatable bonds is 8. The van der Waals surface area contributed by atoms with Crippen LogP contribution in [0.15, 0.2) is 72.8 Å². The van der Waals surface area contributed by atoms with Gasteiger partial charge in [-0.3, -0.25) is 0 Å². The lowest BCUT2D eigenvalue weighted by Gasteiger charge is -2.35. The largest absolute Gasteiger partial charge is 0.497 e. The van der Waals surface area contributed by atoms with Crippen molar-refractivity contribution in [1.29, 1.82) is 0 Å². The molecule has 3 aromatic rings. The van der Waals surface area contributed by atoms with Gasteiger partial charge in [0, 0.05) is 5.92 Å². The zero-order valence-electron chi connectivity index (χ0n) is 17.7. The lowest BCUT2D eigenvalue weighted by atomic mass is 9.69. The summed E-state index contributed by atoms with van der Waals surface area (Å²) in [6.45, 7) is 1.43. The second-order valence-corrected chi connectivity index (χ2v) is 8.01. The van der Waals surface area contributed by atoms with Crippen LogP contribution in [0.4, 0.5) is 0 Å². The molecule has 0 radical (unpaired) electrons. The molecule has 156 valence electrons. The van der Waals surface area contributed by atoms with E-state index >= 15 is 0 Å². The lowest BCUT2D eigenvalue weighted by Crippen LogP contribution is -2.20. The van der Waals surface area contributed by atoms with Crippen LogP contribution >= 0.6 is 0 Å². The first-order valence-corrected chi connectivity index (χ1v) is 10.9. The Labute approximate surface area is 179 Å². The summed E-state index contributed by atoms with van der Waals surface area (Å²) in [5, 5.41) is 0. The van der Waals surface area contributed by atoms with Crippen molar-refractivity contribution in [2.24, 2.45) is 5.73 Å². The van der Waals surface area contributed by atoms with Crippen LogP contribution in [0.5, 0.6) is 11.5 Å². The molecule has 2 N–H and O–H groups in total. The molecule has 4 rings (SSSR count). The minimum Gasteiger partial charge on any atom is -0.497 e. The topological polar surface area (TPSA) is 44.5 Å². The van der Waals surface area contributed by atoms with Crippen LogP contribution in [-0.2, 0) is 6.42 Å². The molecule has 0 saturated heterocycles. The van der Waals surface area contributed by atoms with E-state index in [1.165, 1.54) is 22.3 Å². The normalized spacial score (nSPS) is 17.9. The monoisotopic (exact) mass is 401 g/mol. The van der Waals surface area contributed by atoms with Crippen LogP contribution in [0, 0.1) is 0 Å². The van der Waals surface area contributed by atoms with E-state index in [4.69, 9.17) is 15.2 Å². The molecule has 0 spiro atoms. The van der Waals surface area contributed by atoms with E-state index in [-0.39, 0.29) is 0 Å². The molecule has 0 heterocycles. The van der Waals surface area contributed by atoms with Gasteiger partial charge in [0.15, 0.2) is 0 Å². The number of hydrogen-bond acceptors (Lipinski definition) is 3. The number of fused-ring (bicyclic) bond motifs is 1. The van der Waals surface area contributed by atoms with Gasteiger partial charge in [0.25, 0.3) is 0 Å². The molecule has 2 unspecified atom stereocenters. The van der Waals surface area contributed by atoms with Crippen molar-refractivity contribution in [2.45, 2.75) is 37.5 Å². The van der Waals surface area contributed by atoms with E-state index in [1.54, 1.807) is 7.11 Å². The van der Waals surface area contributed by atoms with E-state index in [0.29, 0.717) is 11.8 Å². The zero-order valence-corrected chi connectivity index (χ0v) is 17.7. The zero-order chi connectivity index (χ0) is 20.8. The number of ether oxygens (including phenoxy) is 2. The second kappa shape index (κ2) is 9.82. The van der Waals surface area contributed by atoms with Crippen molar-refractivity contribution < 1.29 is 9.47 Å². The number of hydrogen-bond donors (Lipinski definition) is 1. The quantitative estimate of drug-likeness (QED) is 0.494. The van der Waals surface area contributed by atoms with Gasteiger partial charge >= 0.3 is 0 Å². The highest BCUT2D eigenvalue weighted by Gasteiger charge is 2.32. The van der Waals surface area contributed by atoms with Gasteiger partial charge in [0.1, 0.15) is 11.5 Å². The van der Waals surface area contributed by atoms with Crippen molar-refractivity contribution in [2.75, 3.05) is 20.3 Å². The fourth-order valence-electron chi connectivity index (χ4n) is 4.60. The molecule has 0 aliphatic heterocycles. The Morgan fingerprint density at radius 2 is 1.63 bits per heavy atom. The van der Waals surface area contributed by atoms with E-state index in [1.807, 2.05) is 0 Å². The first-order chi connectivity index (χ1) is 14.8. The minimum atomic E-state index is 0.327. The SMILES string of the molecule is COc1ccc2c(c1)CCC(c1ccccc1)C2c1ccc(OCCCCN)cc1. The molecule has 0 amide bonds.